The Labute approximate surface area is 367 Å². The molecule has 0 nitrogen and oxygen atoms in total. The van der Waals surface area contributed by atoms with Gasteiger partial charge in [-0.2, -0.15) is 0 Å². The summed E-state index contributed by atoms with van der Waals surface area (Å²) < 4.78 is 5.31. The van der Waals surface area contributed by atoms with Crippen molar-refractivity contribution in [3.8, 4) is 55.6 Å². The summed E-state index contributed by atoms with van der Waals surface area (Å²) in [6, 6.07) is 81.0. The Morgan fingerprint density at radius 3 is 1.18 bits per heavy atom. The van der Waals surface area contributed by atoms with Crippen LogP contribution in [-0.2, 0) is 0 Å². The van der Waals surface area contributed by atoms with E-state index in [0.717, 1.165) is 0 Å². The Morgan fingerprint density at radius 1 is 0.194 bits per heavy atom. The van der Waals surface area contributed by atoms with Gasteiger partial charge >= 0.3 is 0 Å². The highest BCUT2D eigenvalue weighted by atomic mass is 32.1. The quantitative estimate of drug-likeness (QED) is 0.152. The number of fused-ring (bicyclic) bond motifs is 12. The number of benzene rings is 11. The lowest BCUT2D eigenvalue weighted by atomic mass is 9.92. The van der Waals surface area contributed by atoms with E-state index >= 15 is 0 Å². The molecule has 13 rings (SSSR count). The molecule has 0 radical (unpaired) electrons. The molecule has 2 heteroatoms. The third-order valence-corrected chi connectivity index (χ3v) is 15.4. The largest absolute Gasteiger partial charge is 0.135 e. The van der Waals surface area contributed by atoms with Gasteiger partial charge in [-0.15, -0.1) is 22.7 Å². The number of thiophene rings is 2. The van der Waals surface area contributed by atoms with Gasteiger partial charge in [0.15, 0.2) is 0 Å². The van der Waals surface area contributed by atoms with E-state index in [4.69, 9.17) is 0 Å². The Bertz CT molecular complexity index is 3890. The first-order valence-electron chi connectivity index (χ1n) is 21.2. The zero-order valence-corrected chi connectivity index (χ0v) is 35.2. The zero-order valence-electron chi connectivity index (χ0n) is 33.6. The molecule has 2 heterocycles. The number of hydrogen-bond donors (Lipinski definition) is 0. The summed E-state index contributed by atoms with van der Waals surface area (Å²) in [6.07, 6.45) is 0. The third kappa shape index (κ3) is 5.58. The normalized spacial score (nSPS) is 11.9. The second-order valence-corrected chi connectivity index (χ2v) is 18.4. The maximum Gasteiger partial charge on any atom is 0.0434 e. The predicted octanol–water partition coefficient (Wildman–Crippen LogP) is 18.2. The lowest BCUT2D eigenvalue weighted by molar-refractivity contribution is 1.59. The molecule has 13 aromatic rings. The van der Waals surface area contributed by atoms with Crippen molar-refractivity contribution in [2.75, 3.05) is 0 Å². The molecule has 0 spiro atoms. The van der Waals surface area contributed by atoms with Crippen LogP contribution in [-0.4, -0.2) is 0 Å². The van der Waals surface area contributed by atoms with Crippen molar-refractivity contribution in [2.24, 2.45) is 0 Å². The second kappa shape index (κ2) is 14.1. The van der Waals surface area contributed by atoms with E-state index in [2.05, 4.69) is 218 Å². The minimum Gasteiger partial charge on any atom is -0.135 e. The minimum absolute atomic E-state index is 1.22. The average molecular weight is 821 g/mol. The van der Waals surface area contributed by atoms with Gasteiger partial charge in [-0.05, 0) is 112 Å². The molecule has 62 heavy (non-hydrogen) atoms. The summed E-state index contributed by atoms with van der Waals surface area (Å²) >= 11 is 3.82. The van der Waals surface area contributed by atoms with E-state index in [1.165, 1.54) is 128 Å². The van der Waals surface area contributed by atoms with Crippen LogP contribution < -0.4 is 0 Å². The van der Waals surface area contributed by atoms with Gasteiger partial charge in [-0.3, -0.25) is 0 Å². The van der Waals surface area contributed by atoms with Gasteiger partial charge in [-0.25, -0.2) is 0 Å². The Morgan fingerprint density at radius 2 is 0.565 bits per heavy atom. The third-order valence-electron chi connectivity index (χ3n) is 12.9. The summed E-state index contributed by atoms with van der Waals surface area (Å²) in [6.45, 7) is 0. The van der Waals surface area contributed by atoms with Crippen LogP contribution in [0.4, 0.5) is 0 Å². The molecule has 0 atom stereocenters. The summed E-state index contributed by atoms with van der Waals surface area (Å²) in [5, 5.41) is 13.1. The smallest absolute Gasteiger partial charge is 0.0434 e. The fraction of sp³-hybridized carbons (Fsp3) is 0. The fourth-order valence-electron chi connectivity index (χ4n) is 9.92. The maximum atomic E-state index is 2.42. The highest BCUT2D eigenvalue weighted by Crippen LogP contribution is 2.46. The van der Waals surface area contributed by atoms with E-state index < -0.39 is 0 Å². The molecule has 0 bridgehead atoms. The summed E-state index contributed by atoms with van der Waals surface area (Å²) in [7, 11) is 0. The van der Waals surface area contributed by atoms with Crippen LogP contribution in [0.1, 0.15) is 0 Å². The molecule has 0 aliphatic carbocycles. The molecule has 11 aromatic carbocycles. The van der Waals surface area contributed by atoms with E-state index in [9.17, 15) is 0 Å². The van der Waals surface area contributed by atoms with Gasteiger partial charge in [0.05, 0.1) is 0 Å². The first-order valence-corrected chi connectivity index (χ1v) is 22.9. The van der Waals surface area contributed by atoms with E-state index in [1.54, 1.807) is 0 Å². The highest BCUT2D eigenvalue weighted by Gasteiger charge is 2.17. The van der Waals surface area contributed by atoms with Crippen LogP contribution in [0.5, 0.6) is 0 Å². The topological polar surface area (TPSA) is 0 Å². The Balaban J connectivity index is 0.873. The molecule has 0 aliphatic rings. The first-order chi connectivity index (χ1) is 30.7. The lowest BCUT2D eigenvalue weighted by Gasteiger charge is -2.12. The molecular formula is C60H36S2. The van der Waals surface area contributed by atoms with Crippen molar-refractivity contribution in [3.63, 3.8) is 0 Å². The van der Waals surface area contributed by atoms with Gasteiger partial charge < -0.3 is 0 Å². The molecule has 0 saturated heterocycles. The predicted molar refractivity (Wildman–Crippen MR) is 272 cm³/mol. The molecular weight excluding hydrogens is 785 g/mol. The molecule has 0 unspecified atom stereocenters. The van der Waals surface area contributed by atoms with Gasteiger partial charge in [0.2, 0.25) is 0 Å². The maximum absolute atomic E-state index is 2.42. The number of rotatable bonds is 5. The van der Waals surface area contributed by atoms with Gasteiger partial charge in [0.25, 0.3) is 0 Å². The molecule has 0 N–H and O–H groups in total. The first kappa shape index (κ1) is 35.4. The Hall–Kier alpha value is -7.36. The van der Waals surface area contributed by atoms with Crippen LogP contribution in [0, 0.1) is 0 Å². The standard InChI is InChI=1S/C60H36S2/c1-2-13-37(14-3-1)44-23-10-27-54-55-28-12-24-45(60(55)62-59(44)54)42-18-9-17-40(34-42)38-15-8-16-39(33-38)41-29-32-52-53-26-11-25-46(58(53)61-57(52)36-41)43-30-31-51-49-21-5-4-19-47(49)48-20-6-7-22-50(48)56(51)35-43/h1-36H. The second-order valence-electron chi connectivity index (χ2n) is 16.3. The monoisotopic (exact) mass is 820 g/mol. The van der Waals surface area contributed by atoms with Gasteiger partial charge in [0, 0.05) is 40.3 Å². The van der Waals surface area contributed by atoms with E-state index in [1.807, 2.05) is 22.7 Å². The van der Waals surface area contributed by atoms with E-state index in [-0.39, 0.29) is 0 Å². The average Bonchev–Trinajstić information content (AvgIpc) is 3.93. The van der Waals surface area contributed by atoms with Crippen molar-refractivity contribution >= 4 is 95.3 Å². The van der Waals surface area contributed by atoms with Crippen molar-refractivity contribution in [1.82, 2.24) is 0 Å². The molecule has 0 saturated carbocycles. The van der Waals surface area contributed by atoms with Crippen LogP contribution in [0.3, 0.4) is 0 Å². The lowest BCUT2D eigenvalue weighted by Crippen LogP contribution is -1.85. The van der Waals surface area contributed by atoms with Crippen LogP contribution in [0.2, 0.25) is 0 Å². The summed E-state index contributed by atoms with van der Waals surface area (Å²) in [5.74, 6) is 0. The van der Waals surface area contributed by atoms with Crippen molar-refractivity contribution < 1.29 is 0 Å². The van der Waals surface area contributed by atoms with Crippen LogP contribution in [0.25, 0.3) is 128 Å². The molecule has 288 valence electrons. The highest BCUT2D eigenvalue weighted by molar-refractivity contribution is 7.27. The zero-order chi connectivity index (χ0) is 40.7. The van der Waals surface area contributed by atoms with Crippen molar-refractivity contribution in [2.45, 2.75) is 0 Å². The molecule has 2 aromatic heterocycles. The van der Waals surface area contributed by atoms with E-state index in [0.29, 0.717) is 0 Å². The molecule has 0 amide bonds. The summed E-state index contributed by atoms with van der Waals surface area (Å²) in [4.78, 5) is 0. The van der Waals surface area contributed by atoms with Crippen molar-refractivity contribution in [1.29, 1.82) is 0 Å². The SMILES string of the molecule is c1ccc(-c2cccc3c2sc2c(-c4cccc(-c5cccc(-c6ccc7c(c6)sc6c(-c8ccc9c%10ccccc%10c%10ccccc%10c9c8)cccc67)c5)c4)cccc23)cc1. The Kier molecular flexibility index (Phi) is 8.06. The molecule has 0 aliphatic heterocycles. The number of hydrogen-bond acceptors (Lipinski definition) is 2. The van der Waals surface area contributed by atoms with Crippen molar-refractivity contribution in [3.05, 3.63) is 218 Å². The summed E-state index contributed by atoms with van der Waals surface area (Å²) in [5.41, 5.74) is 12.5. The van der Waals surface area contributed by atoms with Gasteiger partial charge in [0.1, 0.15) is 0 Å². The minimum atomic E-state index is 1.22. The molecule has 0 fully saturated rings. The van der Waals surface area contributed by atoms with Gasteiger partial charge in [-0.1, -0.05) is 194 Å². The van der Waals surface area contributed by atoms with Crippen LogP contribution >= 0.6 is 22.7 Å². The van der Waals surface area contributed by atoms with Crippen LogP contribution in [0.15, 0.2) is 218 Å². The fourth-order valence-corrected chi connectivity index (χ4v) is 12.6.